The van der Waals surface area contributed by atoms with Crippen molar-refractivity contribution < 1.29 is 127 Å². The first-order valence-electron chi connectivity index (χ1n) is 28.3. The molecule has 558 valence electrons. The zero-order valence-corrected chi connectivity index (χ0v) is 66.6. The first-order valence-corrected chi connectivity index (χ1v) is 45.1. The summed E-state index contributed by atoms with van der Waals surface area (Å²) >= 11 is 5.53. The third-order valence-electron chi connectivity index (χ3n) is 10.6. The van der Waals surface area contributed by atoms with Crippen LogP contribution in [-0.2, 0) is 145 Å². The number of rotatable bonds is 28. The molecule has 1 aliphatic heterocycles. The van der Waals surface area contributed by atoms with Crippen molar-refractivity contribution in [3.63, 3.8) is 0 Å². The number of aliphatic hydroxyl groups is 1. The van der Waals surface area contributed by atoms with Crippen molar-refractivity contribution >= 4 is 127 Å². The van der Waals surface area contributed by atoms with E-state index >= 15 is 0 Å². The minimum Gasteiger partial charge on any atom is -0.748 e. The van der Waals surface area contributed by atoms with E-state index in [2.05, 4.69) is 37.1 Å². The molecule has 7 rings (SSSR count). The molecule has 6 aromatic rings. The van der Waals surface area contributed by atoms with Crippen molar-refractivity contribution in [1.29, 1.82) is 0 Å². The number of nitrogens with two attached hydrogens (primary N) is 2. The molecule has 0 radical (unpaired) electrons. The van der Waals surface area contributed by atoms with Gasteiger partial charge in [-0.15, -0.1) is 11.6 Å². The minimum absolute atomic E-state index is 0. The van der Waals surface area contributed by atoms with E-state index < -0.39 is 90.2 Å². The van der Waals surface area contributed by atoms with E-state index in [1.807, 2.05) is 182 Å². The fourth-order valence-electron chi connectivity index (χ4n) is 5.92. The summed E-state index contributed by atoms with van der Waals surface area (Å²) in [5.41, 5.74) is 6.27. The molecule has 0 aliphatic carbocycles. The van der Waals surface area contributed by atoms with Gasteiger partial charge < -0.3 is 44.2 Å². The number of alkyl halides is 1. The number of nitrogens with one attached hydrogen (secondary N) is 1. The van der Waals surface area contributed by atoms with Gasteiger partial charge in [-0.05, 0) is 39.3 Å². The first kappa shape index (κ1) is 102. The summed E-state index contributed by atoms with van der Waals surface area (Å²) in [7, 11) is -9.81. The molecule has 0 bridgehead atoms. The molecule has 0 spiro atoms. The maximum absolute atomic E-state index is 10.9. The van der Waals surface area contributed by atoms with E-state index in [4.69, 9.17) is 65.2 Å². The molecular formula is C60H89Cl4N4NaO22S8. The number of sulfone groups is 2. The number of hydrogen-bond acceptors (Lipinski definition) is 23. The van der Waals surface area contributed by atoms with E-state index in [0.29, 0.717) is 58.0 Å². The van der Waals surface area contributed by atoms with E-state index in [-0.39, 0.29) is 97.5 Å². The Kier molecular flexibility index (Phi) is 62.1. The standard InChI is InChI=1S/2C10H14O3S.C9H11ClO3S.C9H13NO3S.C9H12O4S.C7H7Cl.C4H9NO2S.C2H7NO3S.Cl2OS.H3N.Na/c2*1-14(11,12)8-7-13-9-10-5-3-2-4-6-10;3*10-14(11,12)7-6-13-8-9-4-2-1-3-5-9;8-6-7-4-2-1-3-5-7;1-8(6)3-2-7-4-5-8;3-7(5,6)2-1-4;1-4(2)3;;/h2*2-6H,7-9H2,1H3;1-5H,6-8H2;1-5H,6-8H2,(H2,10,11,12);1-5H,6-8H2,(H,10,11,12);1-5H,6H2;1-4H2,(H,5,6);4H,1-2H2,(H2,3,5,6);;1H3;/q;;;;;;;;;;+1/p-1. The summed E-state index contributed by atoms with van der Waals surface area (Å²) in [4.78, 5) is 0. The average Bonchev–Trinajstić information content (AvgIpc) is 1.34. The monoisotopic (exact) mass is 1640 g/mol. The Morgan fingerprint density at radius 2 is 0.758 bits per heavy atom. The zero-order chi connectivity index (χ0) is 73.6. The summed E-state index contributed by atoms with van der Waals surface area (Å²) < 4.78 is 189. The summed E-state index contributed by atoms with van der Waals surface area (Å²) in [6, 6.07) is 57.7. The summed E-state index contributed by atoms with van der Waals surface area (Å²) in [6.45, 7) is 3.35. The molecule has 26 nitrogen and oxygen atoms in total. The predicted octanol–water partition coefficient (Wildman–Crippen LogP) is 3.60. The number of sulfonamides is 2. The fraction of sp³-hybridized carbons (Fsp3) is 0.383. The topological polar surface area (TPSA) is 437 Å². The molecule has 0 amide bonds. The molecule has 9 N–H and O–H groups in total. The van der Waals surface area contributed by atoms with E-state index in [0.717, 1.165) is 27.8 Å². The van der Waals surface area contributed by atoms with Gasteiger partial charge in [0.05, 0.1) is 130 Å². The van der Waals surface area contributed by atoms with Gasteiger partial charge in [0.15, 0.2) is 0 Å². The van der Waals surface area contributed by atoms with Gasteiger partial charge >= 0.3 is 29.6 Å². The van der Waals surface area contributed by atoms with Gasteiger partial charge in [0.25, 0.3) is 0 Å². The second-order valence-corrected chi connectivity index (χ2v) is 36.9. The molecule has 1 unspecified atom stereocenters. The number of primary sulfonamides is 2. The number of halogens is 4. The molecule has 1 heterocycles. The molecule has 1 atom stereocenters. The van der Waals surface area contributed by atoms with E-state index in [1.165, 1.54) is 18.1 Å². The van der Waals surface area contributed by atoms with Gasteiger partial charge in [-0.3, -0.25) is 4.21 Å². The maximum Gasteiger partial charge on any atom is 1.00 e. The van der Waals surface area contributed by atoms with Crippen LogP contribution in [0.5, 0.6) is 0 Å². The quantitative estimate of drug-likeness (QED) is 0.0117. The Balaban J connectivity index is -0.000000521. The van der Waals surface area contributed by atoms with Gasteiger partial charge in [0.1, 0.15) is 26.4 Å². The van der Waals surface area contributed by atoms with Crippen LogP contribution in [0.1, 0.15) is 33.4 Å². The summed E-state index contributed by atoms with van der Waals surface area (Å²) in [5, 5.41) is 17.2. The number of ether oxygens (including phenoxy) is 6. The van der Waals surface area contributed by atoms with Gasteiger partial charge in [0.2, 0.25) is 38.3 Å². The SMILES string of the molecule is C=S1(=O)CCOCN1.CS(=O)(=O)CCOCc1ccccc1.CS(=O)(=O)CCOCc1ccccc1.ClCc1ccccc1.N.NS(=O)(=O)CCO.NS(=O)(=O)CCOCc1ccccc1.O=S(=O)(Cl)CCOCc1ccccc1.O=S(=O)([O-])CCOCc1ccccc1.O=S(Cl)Cl.[Na+]. The maximum atomic E-state index is 10.9. The van der Waals surface area contributed by atoms with Crippen molar-refractivity contribution in [2.45, 2.75) is 38.9 Å². The predicted molar refractivity (Wildman–Crippen MR) is 392 cm³/mol. The third-order valence-corrected chi connectivity index (χ3v) is 17.4. The van der Waals surface area contributed by atoms with Crippen molar-refractivity contribution in [3.05, 3.63) is 215 Å². The molecule has 1 saturated heterocycles. The molecule has 99 heavy (non-hydrogen) atoms. The van der Waals surface area contributed by atoms with Crippen LogP contribution in [0.3, 0.4) is 0 Å². The summed E-state index contributed by atoms with van der Waals surface area (Å²) in [6.07, 6.45) is 2.41. The van der Waals surface area contributed by atoms with Gasteiger partial charge in [0, 0.05) is 60.1 Å². The first-order chi connectivity index (χ1) is 45.3. The van der Waals surface area contributed by atoms with Crippen molar-refractivity contribution in [1.82, 2.24) is 10.9 Å². The Morgan fingerprint density at radius 3 is 0.929 bits per heavy atom. The van der Waals surface area contributed by atoms with Crippen LogP contribution in [-0.4, -0.2) is 180 Å². The van der Waals surface area contributed by atoms with Crippen LogP contribution >= 0.6 is 43.6 Å². The van der Waals surface area contributed by atoms with Gasteiger partial charge in [-0.2, -0.15) is 0 Å². The van der Waals surface area contributed by atoms with Crippen LogP contribution in [0.2, 0.25) is 0 Å². The second-order valence-electron chi connectivity index (χ2n) is 19.4. The second kappa shape index (κ2) is 60.2. The van der Waals surface area contributed by atoms with Crippen molar-refractivity contribution in [2.75, 3.05) is 106 Å². The van der Waals surface area contributed by atoms with Crippen LogP contribution in [0.15, 0.2) is 182 Å². The van der Waals surface area contributed by atoms with Crippen LogP contribution < -0.4 is 50.7 Å². The smallest absolute Gasteiger partial charge is 0.748 e. The van der Waals surface area contributed by atoms with Crippen molar-refractivity contribution in [3.8, 4) is 0 Å². The molecule has 6 aromatic carbocycles. The van der Waals surface area contributed by atoms with Gasteiger partial charge in [-0.1, -0.05) is 182 Å². The van der Waals surface area contributed by atoms with Gasteiger partial charge in [-0.25, -0.2) is 69.7 Å². The Labute approximate surface area is 629 Å². The number of aliphatic hydroxyl groups excluding tert-OH is 1. The van der Waals surface area contributed by atoms with E-state index in [9.17, 15) is 59.3 Å². The minimum atomic E-state index is -4.15. The fourth-order valence-corrected chi connectivity index (χ4v) is 9.20. The molecule has 1 aliphatic rings. The van der Waals surface area contributed by atoms with Crippen LogP contribution in [0.4, 0.5) is 0 Å². The average molecular weight is 1640 g/mol. The Hall–Kier alpha value is -3.13. The normalized spacial score (nSPS) is 13.2. The number of hydrogen-bond donors (Lipinski definition) is 5. The zero-order valence-electron chi connectivity index (χ0n) is 55.0. The van der Waals surface area contributed by atoms with Crippen LogP contribution in [0, 0.1) is 0 Å². The number of benzene rings is 6. The largest absolute Gasteiger partial charge is 1.00 e. The molecule has 39 heteroatoms. The van der Waals surface area contributed by atoms with E-state index in [1.54, 1.807) is 0 Å². The summed E-state index contributed by atoms with van der Waals surface area (Å²) in [5.74, 6) is 3.66. The molecule has 0 aromatic heterocycles. The third kappa shape index (κ3) is 80.4. The van der Waals surface area contributed by atoms with Crippen molar-refractivity contribution in [2.24, 2.45) is 10.3 Å². The Bertz CT molecular complexity index is 3360. The molecule has 0 saturated carbocycles. The molecular weight excluding hydrogens is 1550 g/mol. The van der Waals surface area contributed by atoms with Crippen LogP contribution in [0.25, 0.3) is 0 Å². The Morgan fingerprint density at radius 1 is 0.505 bits per heavy atom. The molecule has 1 fully saturated rings.